The van der Waals surface area contributed by atoms with Gasteiger partial charge in [0, 0.05) is 25.2 Å². The highest BCUT2D eigenvalue weighted by molar-refractivity contribution is 7.87. The van der Waals surface area contributed by atoms with Crippen LogP contribution in [0, 0.1) is 0 Å². The third-order valence-electron chi connectivity index (χ3n) is 3.81. The quantitative estimate of drug-likeness (QED) is 0.758. The van der Waals surface area contributed by atoms with Crippen molar-refractivity contribution in [1.82, 2.24) is 9.03 Å². The van der Waals surface area contributed by atoms with Crippen LogP contribution in [0.2, 0.25) is 0 Å². The molecular formula is C12H28ClN3O2S. The molecular weight excluding hydrogens is 286 g/mol. The van der Waals surface area contributed by atoms with Gasteiger partial charge < -0.3 is 5.73 Å². The fourth-order valence-electron chi connectivity index (χ4n) is 2.22. The minimum Gasteiger partial charge on any atom is -0.324 e. The van der Waals surface area contributed by atoms with Gasteiger partial charge in [-0.2, -0.15) is 12.7 Å². The molecule has 1 rings (SSSR count). The van der Waals surface area contributed by atoms with Crippen LogP contribution in [0.5, 0.6) is 0 Å². The molecule has 0 aromatic heterocycles. The molecule has 0 aliphatic heterocycles. The van der Waals surface area contributed by atoms with Crippen molar-refractivity contribution in [2.24, 2.45) is 5.73 Å². The summed E-state index contributed by atoms with van der Waals surface area (Å²) in [6.45, 7) is 4.04. The van der Waals surface area contributed by atoms with Crippen LogP contribution < -0.4 is 10.5 Å². The van der Waals surface area contributed by atoms with Gasteiger partial charge in [0.2, 0.25) is 0 Å². The Morgan fingerprint density at radius 3 is 2.11 bits per heavy atom. The molecule has 0 aromatic carbocycles. The molecule has 0 unspecified atom stereocenters. The first-order chi connectivity index (χ1) is 8.27. The highest BCUT2D eigenvalue weighted by atomic mass is 35.5. The number of hydrogen-bond acceptors (Lipinski definition) is 3. The second-order valence-corrected chi connectivity index (χ2v) is 7.53. The maximum absolute atomic E-state index is 12.0. The van der Waals surface area contributed by atoms with Gasteiger partial charge in [-0.05, 0) is 26.7 Å². The molecule has 19 heavy (non-hydrogen) atoms. The highest BCUT2D eigenvalue weighted by Gasteiger charge is 2.29. The molecule has 1 aliphatic rings. The van der Waals surface area contributed by atoms with E-state index in [1.807, 2.05) is 13.8 Å². The van der Waals surface area contributed by atoms with Crippen molar-refractivity contribution in [2.75, 3.05) is 13.6 Å². The van der Waals surface area contributed by atoms with Crippen LogP contribution in [0.15, 0.2) is 0 Å². The van der Waals surface area contributed by atoms with Gasteiger partial charge in [-0.1, -0.05) is 25.7 Å². The lowest BCUT2D eigenvalue weighted by Gasteiger charge is -2.30. The second-order valence-electron chi connectivity index (χ2n) is 5.71. The Hall–Kier alpha value is 0.120. The lowest BCUT2D eigenvalue weighted by molar-refractivity contribution is 0.354. The van der Waals surface area contributed by atoms with Crippen LogP contribution in [-0.2, 0) is 10.2 Å². The van der Waals surface area contributed by atoms with Gasteiger partial charge in [-0.15, -0.1) is 12.4 Å². The van der Waals surface area contributed by atoms with E-state index in [0.29, 0.717) is 6.54 Å². The molecule has 0 atom stereocenters. The third kappa shape index (κ3) is 5.95. The lowest BCUT2D eigenvalue weighted by atomic mass is 9.92. The average Bonchev–Trinajstić information content (AvgIpc) is 2.51. The fourth-order valence-corrected chi connectivity index (χ4v) is 3.45. The molecule has 0 saturated heterocycles. The summed E-state index contributed by atoms with van der Waals surface area (Å²) in [4.78, 5) is 0. The maximum Gasteiger partial charge on any atom is 0.279 e. The normalized spacial score (nSPS) is 20.1. The van der Waals surface area contributed by atoms with E-state index in [2.05, 4.69) is 4.72 Å². The molecule has 1 aliphatic carbocycles. The lowest BCUT2D eigenvalue weighted by Crippen LogP contribution is -2.52. The monoisotopic (exact) mass is 313 g/mol. The average molecular weight is 314 g/mol. The Morgan fingerprint density at radius 2 is 1.68 bits per heavy atom. The Balaban J connectivity index is 0.00000324. The van der Waals surface area contributed by atoms with Crippen molar-refractivity contribution in [3.8, 4) is 0 Å². The van der Waals surface area contributed by atoms with Crippen LogP contribution in [0.25, 0.3) is 0 Å². The van der Waals surface area contributed by atoms with Crippen LogP contribution in [-0.4, -0.2) is 37.9 Å². The van der Waals surface area contributed by atoms with Crippen molar-refractivity contribution in [2.45, 2.75) is 64.0 Å². The first-order valence-corrected chi connectivity index (χ1v) is 8.22. The van der Waals surface area contributed by atoms with E-state index in [4.69, 9.17) is 5.73 Å². The summed E-state index contributed by atoms with van der Waals surface area (Å²) < 4.78 is 28.0. The minimum absolute atomic E-state index is 0. The van der Waals surface area contributed by atoms with Gasteiger partial charge in [-0.3, -0.25) is 0 Å². The van der Waals surface area contributed by atoms with Gasteiger partial charge in [0.05, 0.1) is 0 Å². The van der Waals surface area contributed by atoms with E-state index in [1.54, 1.807) is 7.05 Å². The predicted molar refractivity (Wildman–Crippen MR) is 81.7 cm³/mol. The maximum atomic E-state index is 12.0. The van der Waals surface area contributed by atoms with Gasteiger partial charge in [0.1, 0.15) is 0 Å². The predicted octanol–water partition coefficient (Wildman–Crippen LogP) is 1.63. The molecule has 3 N–H and O–H groups in total. The van der Waals surface area contributed by atoms with E-state index in [-0.39, 0.29) is 24.0 Å². The molecule has 116 valence electrons. The fraction of sp³-hybridized carbons (Fsp3) is 1.00. The summed E-state index contributed by atoms with van der Waals surface area (Å²) in [5.41, 5.74) is 5.92. The van der Waals surface area contributed by atoms with E-state index in [9.17, 15) is 8.42 Å². The summed E-state index contributed by atoms with van der Waals surface area (Å²) in [6.07, 6.45) is 6.41. The number of nitrogens with one attached hydrogen (secondary N) is 1. The number of nitrogens with zero attached hydrogens (tertiary/aromatic N) is 1. The van der Waals surface area contributed by atoms with Crippen molar-refractivity contribution in [3.63, 3.8) is 0 Å². The van der Waals surface area contributed by atoms with Gasteiger partial charge in [0.25, 0.3) is 10.2 Å². The molecule has 1 saturated carbocycles. The number of halogens is 1. The Kier molecular flexibility index (Phi) is 7.83. The summed E-state index contributed by atoms with van der Waals surface area (Å²) in [7, 11) is -1.82. The standard InChI is InChI=1S/C12H27N3O2S.ClH/c1-11(2)15(3)18(16,17)14-10-12(13)8-6-4-5-7-9-12;/h11,14H,4-10,13H2,1-3H3;1H. The number of nitrogens with two attached hydrogens (primary N) is 1. The van der Waals surface area contributed by atoms with Gasteiger partial charge >= 0.3 is 0 Å². The molecule has 0 aromatic rings. The molecule has 1 fully saturated rings. The summed E-state index contributed by atoms with van der Waals surface area (Å²) in [5, 5.41) is 0. The Labute approximate surface area is 123 Å². The van der Waals surface area contributed by atoms with E-state index in [0.717, 1.165) is 25.7 Å². The number of rotatable bonds is 5. The van der Waals surface area contributed by atoms with Crippen molar-refractivity contribution in [1.29, 1.82) is 0 Å². The summed E-state index contributed by atoms with van der Waals surface area (Å²) in [6, 6.07) is -0.0506. The molecule has 7 heteroatoms. The smallest absolute Gasteiger partial charge is 0.279 e. The Bertz CT molecular complexity index is 352. The molecule has 0 heterocycles. The first-order valence-electron chi connectivity index (χ1n) is 6.78. The summed E-state index contributed by atoms with van der Waals surface area (Å²) >= 11 is 0. The highest BCUT2D eigenvalue weighted by Crippen LogP contribution is 2.24. The molecule has 0 radical (unpaired) electrons. The molecule has 5 nitrogen and oxygen atoms in total. The topological polar surface area (TPSA) is 75.4 Å². The minimum atomic E-state index is -3.41. The van der Waals surface area contributed by atoms with E-state index in [1.165, 1.54) is 17.1 Å². The SMILES string of the molecule is CC(C)N(C)S(=O)(=O)NCC1(N)CCCCCC1.Cl. The zero-order chi connectivity index (χ0) is 13.8. The zero-order valence-electron chi connectivity index (χ0n) is 12.2. The van der Waals surface area contributed by atoms with Gasteiger partial charge in [-0.25, -0.2) is 4.72 Å². The first kappa shape index (κ1) is 19.1. The second kappa shape index (κ2) is 7.78. The van der Waals surface area contributed by atoms with Crippen LogP contribution in [0.1, 0.15) is 52.4 Å². The Morgan fingerprint density at radius 1 is 1.21 bits per heavy atom. The third-order valence-corrected chi connectivity index (χ3v) is 5.50. The van der Waals surface area contributed by atoms with Crippen molar-refractivity contribution >= 4 is 22.6 Å². The largest absolute Gasteiger partial charge is 0.324 e. The molecule has 0 bridgehead atoms. The van der Waals surface area contributed by atoms with Crippen LogP contribution >= 0.6 is 12.4 Å². The van der Waals surface area contributed by atoms with Gasteiger partial charge in [0.15, 0.2) is 0 Å². The molecule has 0 spiro atoms. The summed E-state index contributed by atoms with van der Waals surface area (Å²) in [5.74, 6) is 0. The van der Waals surface area contributed by atoms with Crippen LogP contribution in [0.4, 0.5) is 0 Å². The van der Waals surface area contributed by atoms with E-state index < -0.39 is 10.2 Å². The number of hydrogen-bond donors (Lipinski definition) is 2. The van der Waals surface area contributed by atoms with Crippen LogP contribution in [0.3, 0.4) is 0 Å². The zero-order valence-corrected chi connectivity index (χ0v) is 13.8. The van der Waals surface area contributed by atoms with E-state index >= 15 is 0 Å². The van der Waals surface area contributed by atoms with Crippen molar-refractivity contribution < 1.29 is 8.42 Å². The van der Waals surface area contributed by atoms with Crippen molar-refractivity contribution in [3.05, 3.63) is 0 Å². The molecule has 0 amide bonds.